The summed E-state index contributed by atoms with van der Waals surface area (Å²) in [6.45, 7) is 2.48. The number of nitrogens with one attached hydrogen (secondary N) is 1. The molecule has 1 saturated heterocycles. The van der Waals surface area contributed by atoms with E-state index in [2.05, 4.69) is 5.32 Å². The number of carbonyl (C=O) groups is 3. The quantitative estimate of drug-likeness (QED) is 0.526. The van der Waals surface area contributed by atoms with Gasteiger partial charge in [-0.3, -0.25) is 19.3 Å². The number of hydrogen-bond donors (Lipinski definition) is 1. The van der Waals surface area contributed by atoms with Crippen LogP contribution in [0, 0.1) is 0 Å². The van der Waals surface area contributed by atoms with Gasteiger partial charge >= 0.3 is 0 Å². The third-order valence-electron chi connectivity index (χ3n) is 4.69. The van der Waals surface area contributed by atoms with E-state index in [1.807, 2.05) is 6.92 Å². The maximum Gasteiger partial charge on any atom is 0.293 e. The summed E-state index contributed by atoms with van der Waals surface area (Å²) in [6, 6.07) is 9.96. The first-order chi connectivity index (χ1) is 15.9. The van der Waals surface area contributed by atoms with E-state index >= 15 is 0 Å². The number of nitrogens with zero attached hydrogens (tertiary/aromatic N) is 1. The first kappa shape index (κ1) is 24.5. The number of hydrogen-bond acceptors (Lipinski definition) is 7. The van der Waals surface area contributed by atoms with Crippen LogP contribution in [-0.4, -0.2) is 55.9 Å². The van der Waals surface area contributed by atoms with E-state index in [4.69, 9.17) is 25.8 Å². The Balaban J connectivity index is 1.65. The lowest BCUT2D eigenvalue weighted by Gasteiger charge is -2.14. The van der Waals surface area contributed by atoms with Gasteiger partial charge in [0, 0.05) is 18.1 Å². The molecule has 33 heavy (non-hydrogen) atoms. The van der Waals surface area contributed by atoms with E-state index in [0.29, 0.717) is 34.4 Å². The van der Waals surface area contributed by atoms with Crippen LogP contribution in [0.2, 0.25) is 5.02 Å². The van der Waals surface area contributed by atoms with Crippen molar-refractivity contribution in [3.63, 3.8) is 0 Å². The summed E-state index contributed by atoms with van der Waals surface area (Å²) >= 11 is 6.81. The molecular weight excluding hydrogens is 468 g/mol. The van der Waals surface area contributed by atoms with Crippen molar-refractivity contribution in [2.24, 2.45) is 0 Å². The summed E-state index contributed by atoms with van der Waals surface area (Å²) in [5.74, 6) is 0.656. The van der Waals surface area contributed by atoms with Gasteiger partial charge in [0.15, 0.2) is 11.5 Å². The predicted octanol–water partition coefficient (Wildman–Crippen LogP) is 4.22. The molecule has 1 aliphatic heterocycles. The van der Waals surface area contributed by atoms with E-state index in [1.54, 1.807) is 36.4 Å². The van der Waals surface area contributed by atoms with E-state index in [1.165, 1.54) is 20.3 Å². The molecule has 1 N–H and O–H groups in total. The molecule has 0 saturated carbocycles. The van der Waals surface area contributed by atoms with Crippen molar-refractivity contribution in [3.05, 3.63) is 57.5 Å². The topological polar surface area (TPSA) is 94.2 Å². The zero-order chi connectivity index (χ0) is 24.0. The molecule has 0 spiro atoms. The molecule has 3 amide bonds. The summed E-state index contributed by atoms with van der Waals surface area (Å²) < 4.78 is 16.0. The highest BCUT2D eigenvalue weighted by molar-refractivity contribution is 8.18. The van der Waals surface area contributed by atoms with Gasteiger partial charge in [0.2, 0.25) is 0 Å². The van der Waals surface area contributed by atoms with Crippen molar-refractivity contribution in [2.75, 3.05) is 33.9 Å². The van der Waals surface area contributed by atoms with Crippen LogP contribution in [-0.2, 0) is 4.79 Å². The molecule has 1 aliphatic rings. The van der Waals surface area contributed by atoms with Crippen LogP contribution in [0.15, 0.2) is 41.3 Å². The third-order valence-corrected chi connectivity index (χ3v) is 5.83. The Labute approximate surface area is 200 Å². The molecule has 1 heterocycles. The van der Waals surface area contributed by atoms with Crippen LogP contribution in [0.1, 0.15) is 22.8 Å². The number of benzene rings is 2. The van der Waals surface area contributed by atoms with Crippen LogP contribution in [0.5, 0.6) is 17.2 Å². The number of rotatable bonds is 9. The molecule has 0 aromatic heterocycles. The molecule has 0 bridgehead atoms. The molecule has 8 nitrogen and oxygen atoms in total. The van der Waals surface area contributed by atoms with Gasteiger partial charge in [0.25, 0.3) is 17.1 Å². The normalized spacial score (nSPS) is 14.5. The number of carbonyl (C=O) groups excluding carboxylic acids is 3. The molecule has 1 fully saturated rings. The SMILES string of the molecule is CCOc1ccc(/C=C2\SC(=O)N(CCNC(=O)c3cc(Cl)ccc3OC)C2=O)cc1OC. The highest BCUT2D eigenvalue weighted by atomic mass is 35.5. The molecule has 3 rings (SSSR count). The maximum atomic E-state index is 12.7. The van der Waals surface area contributed by atoms with Crippen LogP contribution in [0.3, 0.4) is 0 Å². The Kier molecular flexibility index (Phi) is 8.24. The molecule has 2 aromatic rings. The molecule has 0 aliphatic carbocycles. The van der Waals surface area contributed by atoms with E-state index in [0.717, 1.165) is 16.7 Å². The summed E-state index contributed by atoms with van der Waals surface area (Å²) in [7, 11) is 2.98. The smallest absolute Gasteiger partial charge is 0.293 e. The second-order valence-corrected chi connectivity index (χ2v) is 8.21. The first-order valence-corrected chi connectivity index (χ1v) is 11.2. The van der Waals surface area contributed by atoms with Crippen molar-refractivity contribution >= 4 is 46.5 Å². The Morgan fingerprint density at radius 2 is 1.82 bits per heavy atom. The lowest BCUT2D eigenvalue weighted by molar-refractivity contribution is -0.122. The molecule has 0 unspecified atom stereocenters. The predicted molar refractivity (Wildman–Crippen MR) is 127 cm³/mol. The minimum absolute atomic E-state index is 0.0310. The van der Waals surface area contributed by atoms with Gasteiger partial charge in [0.05, 0.1) is 31.3 Å². The first-order valence-electron chi connectivity index (χ1n) is 10.1. The van der Waals surface area contributed by atoms with Crippen LogP contribution in [0.4, 0.5) is 4.79 Å². The minimum Gasteiger partial charge on any atom is -0.496 e. The van der Waals surface area contributed by atoms with Gasteiger partial charge < -0.3 is 19.5 Å². The molecule has 10 heteroatoms. The molecule has 0 atom stereocenters. The summed E-state index contributed by atoms with van der Waals surface area (Å²) in [5, 5.41) is 2.67. The zero-order valence-electron chi connectivity index (χ0n) is 18.3. The Morgan fingerprint density at radius 3 is 2.52 bits per heavy atom. The monoisotopic (exact) mass is 490 g/mol. The Morgan fingerprint density at radius 1 is 1.09 bits per heavy atom. The number of imide groups is 1. The van der Waals surface area contributed by atoms with E-state index in [-0.39, 0.29) is 23.6 Å². The van der Waals surface area contributed by atoms with E-state index < -0.39 is 17.1 Å². The number of halogens is 1. The van der Waals surface area contributed by atoms with Gasteiger partial charge in [-0.2, -0.15) is 0 Å². The average Bonchev–Trinajstić information content (AvgIpc) is 3.07. The average molecular weight is 491 g/mol. The molecular formula is C23H23ClN2O6S. The van der Waals surface area contributed by atoms with Crippen molar-refractivity contribution in [2.45, 2.75) is 6.92 Å². The Hall–Kier alpha value is -3.17. The zero-order valence-corrected chi connectivity index (χ0v) is 19.9. The largest absolute Gasteiger partial charge is 0.496 e. The number of ether oxygens (including phenoxy) is 3. The fraction of sp³-hybridized carbons (Fsp3) is 0.261. The standard InChI is InChI=1S/C23H23ClN2O6S/c1-4-32-18-7-5-14(11-19(18)31-3)12-20-22(28)26(23(29)33-20)10-9-25-21(27)16-13-15(24)6-8-17(16)30-2/h5-8,11-13H,4,9-10H2,1-3H3,(H,25,27)/b20-12-. The fourth-order valence-electron chi connectivity index (χ4n) is 3.13. The Bertz CT molecular complexity index is 1100. The van der Waals surface area contributed by atoms with Gasteiger partial charge in [-0.25, -0.2) is 0 Å². The van der Waals surface area contributed by atoms with E-state index in [9.17, 15) is 14.4 Å². The molecule has 174 valence electrons. The van der Waals surface area contributed by atoms with Crippen molar-refractivity contribution in [3.8, 4) is 17.2 Å². The van der Waals surface area contributed by atoms with Crippen LogP contribution in [0.25, 0.3) is 6.08 Å². The second kappa shape index (κ2) is 11.1. The van der Waals surface area contributed by atoms with Crippen LogP contribution >= 0.6 is 23.4 Å². The number of amides is 3. The number of thioether (sulfide) groups is 1. The lowest BCUT2D eigenvalue weighted by Crippen LogP contribution is -2.37. The summed E-state index contributed by atoms with van der Waals surface area (Å²) in [6.07, 6.45) is 1.62. The van der Waals surface area contributed by atoms with Crippen molar-refractivity contribution in [1.29, 1.82) is 0 Å². The second-order valence-electron chi connectivity index (χ2n) is 6.78. The highest BCUT2D eigenvalue weighted by Crippen LogP contribution is 2.34. The van der Waals surface area contributed by atoms with Gasteiger partial charge in [0.1, 0.15) is 5.75 Å². The van der Waals surface area contributed by atoms with Gasteiger partial charge in [-0.05, 0) is 60.7 Å². The van der Waals surface area contributed by atoms with Gasteiger partial charge in [-0.15, -0.1) is 0 Å². The summed E-state index contributed by atoms with van der Waals surface area (Å²) in [5.41, 5.74) is 0.964. The highest BCUT2D eigenvalue weighted by Gasteiger charge is 2.34. The number of methoxy groups -OCH3 is 2. The van der Waals surface area contributed by atoms with Crippen LogP contribution < -0.4 is 19.5 Å². The minimum atomic E-state index is -0.424. The molecule has 0 radical (unpaired) electrons. The van der Waals surface area contributed by atoms with Crippen molar-refractivity contribution < 1.29 is 28.6 Å². The summed E-state index contributed by atoms with van der Waals surface area (Å²) in [4.78, 5) is 39.0. The maximum absolute atomic E-state index is 12.7. The van der Waals surface area contributed by atoms with Gasteiger partial charge in [-0.1, -0.05) is 17.7 Å². The fourth-order valence-corrected chi connectivity index (χ4v) is 4.16. The molecule has 2 aromatic carbocycles. The lowest BCUT2D eigenvalue weighted by atomic mass is 10.2. The third kappa shape index (κ3) is 5.80. The van der Waals surface area contributed by atoms with Crippen molar-refractivity contribution in [1.82, 2.24) is 10.2 Å².